The van der Waals surface area contributed by atoms with E-state index < -0.39 is 0 Å². The van der Waals surface area contributed by atoms with Gasteiger partial charge >= 0.3 is 0 Å². The first-order valence-electron chi connectivity index (χ1n) is 11.6. The number of aryl methyl sites for hydroxylation is 1. The highest BCUT2D eigenvalue weighted by molar-refractivity contribution is 7.99. The molecule has 184 valence electrons. The van der Waals surface area contributed by atoms with E-state index in [1.165, 1.54) is 23.5 Å². The minimum absolute atomic E-state index is 0.0641. The molecule has 36 heavy (non-hydrogen) atoms. The molecule has 4 aromatic rings. The first-order chi connectivity index (χ1) is 17.3. The number of benzene rings is 2. The third kappa shape index (κ3) is 6.40. The molecule has 0 aliphatic heterocycles. The molecule has 1 amide bonds. The van der Waals surface area contributed by atoms with Gasteiger partial charge in [-0.3, -0.25) is 9.36 Å². The summed E-state index contributed by atoms with van der Waals surface area (Å²) in [7, 11) is 0. The van der Waals surface area contributed by atoms with Gasteiger partial charge in [-0.2, -0.15) is 5.10 Å². The van der Waals surface area contributed by atoms with Gasteiger partial charge in [0.15, 0.2) is 11.0 Å². The molecule has 2 aromatic carbocycles. The third-order valence-electron chi connectivity index (χ3n) is 5.42. The highest BCUT2D eigenvalue weighted by Crippen LogP contribution is 2.30. The van der Waals surface area contributed by atoms with Crippen molar-refractivity contribution >= 4 is 30.0 Å². The van der Waals surface area contributed by atoms with Crippen LogP contribution in [-0.2, 0) is 10.2 Å². The lowest BCUT2D eigenvalue weighted by Gasteiger charge is -2.19. The number of carbonyl (C=O) groups is 1. The van der Waals surface area contributed by atoms with Crippen molar-refractivity contribution in [3.05, 3.63) is 89.9 Å². The van der Waals surface area contributed by atoms with Crippen LogP contribution < -0.4 is 5.43 Å². The molecule has 0 bridgehead atoms. The summed E-state index contributed by atoms with van der Waals surface area (Å²) < 4.78 is 7.19. The Balaban J connectivity index is 1.50. The van der Waals surface area contributed by atoms with Crippen LogP contribution in [-0.4, -0.2) is 32.6 Å². The summed E-state index contributed by atoms with van der Waals surface area (Å²) in [5.41, 5.74) is 6.90. The fraction of sp³-hybridized carbons (Fsp3) is 0.214. The standard InChI is InChI=1S/C28H29N5O2S/c1-20-9-15-23(16-10-20)33-26(21-11-13-22(14-12-21)28(2,3)4)31-32-27(33)36-19-25(34)30-29-17-5-7-24-8-6-18-35-24/h5-18H,19H2,1-4H3,(H,30,34)/b7-5+,29-17-. The monoisotopic (exact) mass is 499 g/mol. The molecule has 0 saturated carbocycles. The predicted octanol–water partition coefficient (Wildman–Crippen LogP) is 6.04. The summed E-state index contributed by atoms with van der Waals surface area (Å²) in [5.74, 6) is 1.34. The summed E-state index contributed by atoms with van der Waals surface area (Å²) >= 11 is 1.31. The molecule has 2 heterocycles. The molecule has 0 saturated heterocycles. The fourth-order valence-corrected chi connectivity index (χ4v) is 4.18. The van der Waals surface area contributed by atoms with E-state index in [4.69, 9.17) is 4.42 Å². The molecule has 0 radical (unpaired) electrons. The normalized spacial score (nSPS) is 12.0. The minimum atomic E-state index is -0.239. The molecule has 2 aromatic heterocycles. The average molecular weight is 500 g/mol. The zero-order chi connectivity index (χ0) is 25.5. The SMILES string of the molecule is Cc1ccc(-n2c(SCC(=O)N/N=C\C=C\c3ccco3)nnc2-c2ccc(C(C)(C)C)cc2)cc1. The van der Waals surface area contributed by atoms with E-state index in [0.29, 0.717) is 10.9 Å². The number of allylic oxidation sites excluding steroid dienone is 1. The van der Waals surface area contributed by atoms with Gasteiger partial charge in [0.1, 0.15) is 5.76 Å². The molecular formula is C28H29N5O2S. The number of aromatic nitrogens is 3. The van der Waals surface area contributed by atoms with E-state index in [1.54, 1.807) is 24.5 Å². The quantitative estimate of drug-likeness (QED) is 0.181. The van der Waals surface area contributed by atoms with Crippen LogP contribution in [0.5, 0.6) is 0 Å². The zero-order valence-corrected chi connectivity index (χ0v) is 21.6. The number of amides is 1. The van der Waals surface area contributed by atoms with Gasteiger partial charge in [-0.05, 0) is 54.3 Å². The van der Waals surface area contributed by atoms with E-state index >= 15 is 0 Å². The molecule has 1 N–H and O–H groups in total. The molecule has 0 unspecified atom stereocenters. The summed E-state index contributed by atoms with van der Waals surface area (Å²) in [6, 6.07) is 20.2. The second-order valence-electron chi connectivity index (χ2n) is 9.28. The number of hydrazone groups is 1. The predicted molar refractivity (Wildman–Crippen MR) is 145 cm³/mol. The van der Waals surface area contributed by atoms with Gasteiger partial charge in [-0.15, -0.1) is 10.2 Å². The van der Waals surface area contributed by atoms with Crippen molar-refractivity contribution in [2.24, 2.45) is 5.10 Å². The Hall–Kier alpha value is -3.91. The van der Waals surface area contributed by atoms with Crippen LogP contribution in [0.25, 0.3) is 23.2 Å². The lowest BCUT2D eigenvalue weighted by molar-refractivity contribution is -0.118. The number of nitrogens with zero attached hydrogens (tertiary/aromatic N) is 4. The summed E-state index contributed by atoms with van der Waals surface area (Å²) in [6.45, 7) is 8.62. The van der Waals surface area contributed by atoms with Crippen LogP contribution in [0.3, 0.4) is 0 Å². The number of furan rings is 1. The van der Waals surface area contributed by atoms with Crippen LogP contribution in [0.1, 0.15) is 37.7 Å². The minimum Gasteiger partial charge on any atom is -0.465 e. The van der Waals surface area contributed by atoms with Crippen molar-refractivity contribution in [1.29, 1.82) is 0 Å². The zero-order valence-electron chi connectivity index (χ0n) is 20.8. The largest absolute Gasteiger partial charge is 0.465 e. The number of carbonyl (C=O) groups excluding carboxylic acids is 1. The molecule has 8 heteroatoms. The molecular weight excluding hydrogens is 470 g/mol. The Morgan fingerprint density at radius 1 is 1.08 bits per heavy atom. The van der Waals surface area contributed by atoms with E-state index in [2.05, 4.69) is 65.8 Å². The summed E-state index contributed by atoms with van der Waals surface area (Å²) in [6.07, 6.45) is 6.54. The first-order valence-corrected chi connectivity index (χ1v) is 12.6. The summed E-state index contributed by atoms with van der Waals surface area (Å²) in [4.78, 5) is 12.4. The van der Waals surface area contributed by atoms with E-state index in [0.717, 1.165) is 22.6 Å². The van der Waals surface area contributed by atoms with E-state index in [9.17, 15) is 4.79 Å². The van der Waals surface area contributed by atoms with E-state index in [-0.39, 0.29) is 17.1 Å². The van der Waals surface area contributed by atoms with Crippen LogP contribution in [0, 0.1) is 6.92 Å². The van der Waals surface area contributed by atoms with Gasteiger partial charge in [0.2, 0.25) is 0 Å². The van der Waals surface area contributed by atoms with Gasteiger partial charge in [0.05, 0.1) is 12.0 Å². The first kappa shape index (κ1) is 25.2. The topological polar surface area (TPSA) is 85.3 Å². The number of thioether (sulfide) groups is 1. The summed E-state index contributed by atoms with van der Waals surface area (Å²) in [5, 5.41) is 13.5. The maximum absolute atomic E-state index is 12.4. The Morgan fingerprint density at radius 2 is 1.83 bits per heavy atom. The molecule has 4 rings (SSSR count). The number of hydrogen-bond donors (Lipinski definition) is 1. The Labute approximate surface area is 215 Å². The van der Waals surface area contributed by atoms with Crippen molar-refractivity contribution in [2.45, 2.75) is 38.3 Å². The molecule has 0 aliphatic carbocycles. The smallest absolute Gasteiger partial charge is 0.250 e. The highest BCUT2D eigenvalue weighted by Gasteiger charge is 2.19. The van der Waals surface area contributed by atoms with Crippen LogP contribution >= 0.6 is 11.8 Å². The highest BCUT2D eigenvalue weighted by atomic mass is 32.2. The van der Waals surface area contributed by atoms with Crippen molar-refractivity contribution in [3.63, 3.8) is 0 Å². The van der Waals surface area contributed by atoms with Gasteiger partial charge in [-0.1, -0.05) is 74.5 Å². The molecule has 7 nitrogen and oxygen atoms in total. The Morgan fingerprint density at radius 3 is 2.50 bits per heavy atom. The van der Waals surface area contributed by atoms with Gasteiger partial charge in [-0.25, -0.2) is 5.43 Å². The molecule has 0 atom stereocenters. The van der Waals surface area contributed by atoms with Crippen molar-refractivity contribution in [2.75, 3.05) is 5.75 Å². The van der Waals surface area contributed by atoms with E-state index in [1.807, 2.05) is 41.8 Å². The van der Waals surface area contributed by atoms with Crippen LogP contribution in [0.4, 0.5) is 0 Å². The molecule has 0 aliphatic rings. The second kappa shape index (κ2) is 11.2. The van der Waals surface area contributed by atoms with Crippen LogP contribution in [0.15, 0.2) is 87.7 Å². The lowest BCUT2D eigenvalue weighted by Crippen LogP contribution is -2.19. The molecule has 0 fully saturated rings. The number of hydrogen-bond acceptors (Lipinski definition) is 6. The third-order valence-corrected chi connectivity index (χ3v) is 6.35. The maximum atomic E-state index is 12.4. The van der Waals surface area contributed by atoms with Crippen molar-refractivity contribution in [1.82, 2.24) is 20.2 Å². The van der Waals surface area contributed by atoms with Gasteiger partial charge in [0.25, 0.3) is 5.91 Å². The van der Waals surface area contributed by atoms with Gasteiger partial charge < -0.3 is 4.42 Å². The van der Waals surface area contributed by atoms with Gasteiger partial charge in [0, 0.05) is 17.5 Å². The molecule has 0 spiro atoms. The Kier molecular flexibility index (Phi) is 7.85. The Bertz CT molecular complexity index is 1350. The number of rotatable bonds is 8. The van der Waals surface area contributed by atoms with Crippen molar-refractivity contribution in [3.8, 4) is 17.1 Å². The lowest BCUT2D eigenvalue weighted by atomic mass is 9.87. The number of nitrogens with one attached hydrogen (secondary N) is 1. The maximum Gasteiger partial charge on any atom is 0.250 e. The van der Waals surface area contributed by atoms with Crippen molar-refractivity contribution < 1.29 is 9.21 Å². The van der Waals surface area contributed by atoms with Crippen LogP contribution in [0.2, 0.25) is 0 Å². The average Bonchev–Trinajstić information content (AvgIpc) is 3.53. The fourth-order valence-electron chi connectivity index (χ4n) is 3.43. The second-order valence-corrected chi connectivity index (χ2v) is 10.2.